The minimum atomic E-state index is -1.39. The number of rotatable bonds is 4. The van der Waals surface area contributed by atoms with E-state index in [-0.39, 0.29) is 36.2 Å². The molecule has 3 aliphatic carbocycles. The molecule has 3 saturated carbocycles. The third kappa shape index (κ3) is 2.29. The van der Waals surface area contributed by atoms with Gasteiger partial charge in [-0.3, -0.25) is 4.79 Å². The van der Waals surface area contributed by atoms with E-state index in [1.165, 1.54) is 7.11 Å². The first-order chi connectivity index (χ1) is 15.9. The van der Waals surface area contributed by atoms with Gasteiger partial charge < -0.3 is 28.8 Å². The van der Waals surface area contributed by atoms with Gasteiger partial charge in [0.25, 0.3) is 0 Å². The van der Waals surface area contributed by atoms with Crippen LogP contribution in [0.2, 0.25) is 0 Å². The van der Waals surface area contributed by atoms with Crippen molar-refractivity contribution in [3.8, 4) is 0 Å². The van der Waals surface area contributed by atoms with Crippen LogP contribution in [0, 0.1) is 23.7 Å². The highest BCUT2D eigenvalue weighted by Gasteiger charge is 2.96. The molecule has 6 aliphatic rings. The predicted molar refractivity (Wildman–Crippen MR) is 118 cm³/mol. The first-order valence-electron chi connectivity index (χ1n) is 12.4. The number of hydrogen-bond donors (Lipinski definition) is 1. The Bertz CT molecular complexity index is 1050. The highest BCUT2D eigenvalue weighted by molar-refractivity contribution is 5.92. The van der Waals surface area contributed by atoms with E-state index in [0.29, 0.717) is 29.6 Å². The van der Waals surface area contributed by atoms with E-state index in [9.17, 15) is 14.7 Å². The Balaban J connectivity index is 1.53. The lowest BCUT2D eigenvalue weighted by Crippen LogP contribution is -2.56. The van der Waals surface area contributed by atoms with E-state index in [1.54, 1.807) is 6.92 Å². The van der Waals surface area contributed by atoms with Gasteiger partial charge in [0.05, 0.1) is 12.0 Å². The molecular formula is C26H34O8. The standard InChI is InChI=1S/C26H34O8/c1-8-11(2)20(28)31-19-12(3)9-24-22-23(6,33-22)18-16-14(5)21(29)32-25(16,30-7)10-15(27)13(4)17(18)26(19,24)34-24/h11-12,15,17-19,22,27H,4,8-10H2,1-3,5-7H3/t11-,12+,15-,17+,18+,19+,22-,23-,24-,25-,26-/m0/s1. The summed E-state index contributed by atoms with van der Waals surface area (Å²) in [5.74, 6) is -3.08. The van der Waals surface area contributed by atoms with Gasteiger partial charge in [-0.05, 0) is 38.2 Å². The molecule has 0 bridgehead atoms. The molecule has 11 atom stereocenters. The zero-order valence-corrected chi connectivity index (χ0v) is 20.7. The molecule has 2 saturated heterocycles. The normalized spacial score (nSPS) is 53.0. The molecule has 8 nitrogen and oxygen atoms in total. The molecule has 3 heterocycles. The van der Waals surface area contributed by atoms with Crippen molar-refractivity contribution in [2.24, 2.45) is 23.7 Å². The molecule has 0 spiro atoms. The summed E-state index contributed by atoms with van der Waals surface area (Å²) in [5, 5.41) is 11.3. The number of aliphatic hydroxyl groups excluding tert-OH is 1. The molecule has 0 amide bonds. The first kappa shape index (κ1) is 22.7. The summed E-state index contributed by atoms with van der Waals surface area (Å²) in [7, 11) is 1.49. The van der Waals surface area contributed by atoms with E-state index in [2.05, 4.69) is 13.5 Å². The number of carbonyl (C=O) groups is 2. The molecule has 34 heavy (non-hydrogen) atoms. The second kappa shape index (κ2) is 6.52. The van der Waals surface area contributed by atoms with Crippen LogP contribution in [-0.2, 0) is 33.3 Å². The number of aliphatic hydroxyl groups is 1. The Kier molecular flexibility index (Phi) is 4.35. The highest BCUT2D eigenvalue weighted by Crippen LogP contribution is 2.81. The fourth-order valence-electron chi connectivity index (χ4n) is 7.93. The molecule has 3 aliphatic heterocycles. The summed E-state index contributed by atoms with van der Waals surface area (Å²) in [6.07, 6.45) is -0.299. The molecule has 0 aromatic rings. The van der Waals surface area contributed by atoms with Crippen molar-refractivity contribution in [3.05, 3.63) is 23.3 Å². The molecule has 6 rings (SSSR count). The SMILES string of the molecule is C=C1[C@@H]2[C@@H](C3=C(C)C(=O)O[C@@]3(OC)C[C@@H]1O)[C@]1(C)O[C@@H]1[C@@]13C[C@@H](C)[C@@H](OC(=O)[C@@H](C)CC)[C@@]21O3. The van der Waals surface area contributed by atoms with Crippen molar-refractivity contribution in [2.45, 2.75) is 94.8 Å². The van der Waals surface area contributed by atoms with Crippen LogP contribution in [0.5, 0.6) is 0 Å². The molecule has 8 heteroatoms. The van der Waals surface area contributed by atoms with Gasteiger partial charge in [0.1, 0.15) is 29.0 Å². The Morgan fingerprint density at radius 2 is 2.03 bits per heavy atom. The van der Waals surface area contributed by atoms with E-state index >= 15 is 0 Å². The van der Waals surface area contributed by atoms with Crippen molar-refractivity contribution in [1.29, 1.82) is 0 Å². The molecule has 0 aromatic carbocycles. The number of carbonyl (C=O) groups excluding carboxylic acids is 2. The number of methoxy groups -OCH3 is 1. The second-order valence-corrected chi connectivity index (χ2v) is 11.4. The van der Waals surface area contributed by atoms with E-state index in [0.717, 1.165) is 0 Å². The summed E-state index contributed by atoms with van der Waals surface area (Å²) in [5.41, 5.74) is -0.370. The molecule has 0 unspecified atom stereocenters. The molecule has 0 radical (unpaired) electrons. The lowest BCUT2D eigenvalue weighted by atomic mass is 9.58. The monoisotopic (exact) mass is 474 g/mol. The fourth-order valence-corrected chi connectivity index (χ4v) is 7.93. The lowest BCUT2D eigenvalue weighted by Gasteiger charge is -2.42. The Morgan fingerprint density at radius 1 is 1.32 bits per heavy atom. The van der Waals surface area contributed by atoms with Crippen LogP contribution in [-0.4, -0.2) is 65.1 Å². The van der Waals surface area contributed by atoms with Crippen LogP contribution in [0.25, 0.3) is 0 Å². The van der Waals surface area contributed by atoms with Crippen LogP contribution in [0.4, 0.5) is 0 Å². The number of esters is 2. The van der Waals surface area contributed by atoms with Gasteiger partial charge in [-0.25, -0.2) is 4.79 Å². The predicted octanol–water partition coefficient (Wildman–Crippen LogP) is 2.43. The topological polar surface area (TPSA) is 107 Å². The average molecular weight is 475 g/mol. The summed E-state index contributed by atoms with van der Waals surface area (Å²) in [6, 6.07) is 0. The summed E-state index contributed by atoms with van der Waals surface area (Å²) >= 11 is 0. The highest BCUT2D eigenvalue weighted by atomic mass is 16.7. The maximum Gasteiger partial charge on any atom is 0.336 e. The fraction of sp³-hybridized carbons (Fsp3) is 0.769. The van der Waals surface area contributed by atoms with Crippen molar-refractivity contribution >= 4 is 11.9 Å². The largest absolute Gasteiger partial charge is 0.459 e. The molecule has 186 valence electrons. The third-order valence-corrected chi connectivity index (χ3v) is 9.77. The van der Waals surface area contributed by atoms with Crippen LogP contribution < -0.4 is 0 Å². The summed E-state index contributed by atoms with van der Waals surface area (Å²) in [4.78, 5) is 25.7. The van der Waals surface area contributed by atoms with Gasteiger partial charge in [-0.15, -0.1) is 0 Å². The minimum Gasteiger partial charge on any atom is -0.459 e. The Morgan fingerprint density at radius 3 is 2.68 bits per heavy atom. The van der Waals surface area contributed by atoms with Crippen molar-refractivity contribution in [3.63, 3.8) is 0 Å². The second-order valence-electron chi connectivity index (χ2n) is 11.4. The minimum absolute atomic E-state index is 0.0461. The van der Waals surface area contributed by atoms with Crippen molar-refractivity contribution in [2.75, 3.05) is 7.11 Å². The van der Waals surface area contributed by atoms with Gasteiger partial charge >= 0.3 is 11.9 Å². The van der Waals surface area contributed by atoms with Crippen LogP contribution in [0.1, 0.15) is 53.9 Å². The van der Waals surface area contributed by atoms with Gasteiger partial charge in [0.2, 0.25) is 5.79 Å². The van der Waals surface area contributed by atoms with Gasteiger partial charge in [-0.1, -0.05) is 27.4 Å². The van der Waals surface area contributed by atoms with Gasteiger partial charge in [0, 0.05) is 36.5 Å². The lowest BCUT2D eigenvalue weighted by molar-refractivity contribution is -0.202. The van der Waals surface area contributed by atoms with Crippen molar-refractivity contribution in [1.82, 2.24) is 0 Å². The molecular weight excluding hydrogens is 440 g/mol. The molecule has 5 fully saturated rings. The third-order valence-electron chi connectivity index (χ3n) is 9.77. The van der Waals surface area contributed by atoms with E-state index in [4.69, 9.17) is 23.7 Å². The zero-order chi connectivity index (χ0) is 24.6. The molecule has 0 aromatic heterocycles. The Hall–Kier alpha value is -1.74. The van der Waals surface area contributed by atoms with Crippen molar-refractivity contribution < 1.29 is 38.4 Å². The van der Waals surface area contributed by atoms with Gasteiger partial charge in [-0.2, -0.15) is 0 Å². The number of hydrogen-bond acceptors (Lipinski definition) is 8. The quantitative estimate of drug-likeness (QED) is 0.376. The number of epoxide rings is 2. The number of ether oxygens (including phenoxy) is 5. The van der Waals surface area contributed by atoms with E-state index < -0.39 is 46.7 Å². The maximum absolute atomic E-state index is 12.9. The first-order valence-corrected chi connectivity index (χ1v) is 12.4. The smallest absolute Gasteiger partial charge is 0.336 e. The molecule has 1 N–H and O–H groups in total. The average Bonchev–Trinajstić information content (AvgIpc) is 3.64. The summed E-state index contributed by atoms with van der Waals surface area (Å²) in [6.45, 7) is 14.0. The maximum atomic E-state index is 12.9. The Labute approximate surface area is 199 Å². The van der Waals surface area contributed by atoms with Crippen LogP contribution in [0.3, 0.4) is 0 Å². The van der Waals surface area contributed by atoms with Gasteiger partial charge in [0.15, 0.2) is 0 Å². The van der Waals surface area contributed by atoms with Crippen LogP contribution in [0.15, 0.2) is 23.3 Å². The number of fused-ring (bicyclic) bond motifs is 5. The van der Waals surface area contributed by atoms with E-state index in [1.807, 2.05) is 20.8 Å². The summed E-state index contributed by atoms with van der Waals surface area (Å²) < 4.78 is 30.9. The zero-order valence-electron chi connectivity index (χ0n) is 20.7. The van der Waals surface area contributed by atoms with Crippen LogP contribution >= 0.6 is 0 Å².